The minimum atomic E-state index is -0.00870. The van der Waals surface area contributed by atoms with Gasteiger partial charge in [0.15, 0.2) is 0 Å². The van der Waals surface area contributed by atoms with Gasteiger partial charge in [-0.15, -0.1) is 0 Å². The van der Waals surface area contributed by atoms with E-state index in [1.807, 2.05) is 6.92 Å². The summed E-state index contributed by atoms with van der Waals surface area (Å²) in [6.07, 6.45) is 1.91. The van der Waals surface area contributed by atoms with Crippen molar-refractivity contribution >= 4 is 5.97 Å². The summed E-state index contributed by atoms with van der Waals surface area (Å²) in [5, 5.41) is 0. The van der Waals surface area contributed by atoms with Gasteiger partial charge in [0.05, 0.1) is 12.5 Å². The molecule has 1 aliphatic rings. The van der Waals surface area contributed by atoms with Gasteiger partial charge in [-0.25, -0.2) is 0 Å². The van der Waals surface area contributed by atoms with E-state index in [1.165, 1.54) is 0 Å². The molecule has 0 aliphatic carbocycles. The van der Waals surface area contributed by atoms with Crippen LogP contribution >= 0.6 is 0 Å². The van der Waals surface area contributed by atoms with Gasteiger partial charge in [-0.3, -0.25) is 4.79 Å². The fourth-order valence-corrected chi connectivity index (χ4v) is 1.50. The molecule has 1 fully saturated rings. The molecule has 1 saturated heterocycles. The first-order valence-corrected chi connectivity index (χ1v) is 4.59. The molecule has 3 heteroatoms. The Morgan fingerprint density at radius 1 is 1.46 bits per heavy atom. The largest absolute Gasteiger partial charge is 0.466 e. The molecule has 0 radical (unpaired) electrons. The van der Waals surface area contributed by atoms with E-state index >= 15 is 0 Å². The number of piperidine rings is 1. The highest BCUT2D eigenvalue weighted by molar-refractivity contribution is 5.72. The van der Waals surface area contributed by atoms with Gasteiger partial charge in [0.2, 0.25) is 0 Å². The molecule has 0 amide bonds. The van der Waals surface area contributed by atoms with E-state index < -0.39 is 0 Å². The van der Waals surface area contributed by atoms with E-state index in [9.17, 15) is 4.79 Å². The van der Waals surface area contributed by atoms with Crippen molar-refractivity contribution in [2.75, 3.05) is 26.7 Å². The highest BCUT2D eigenvalue weighted by atomic mass is 16.5. The third-order valence-electron chi connectivity index (χ3n) is 2.34. The number of carbonyl (C=O) groups excluding carboxylic acids is 1. The van der Waals surface area contributed by atoms with E-state index in [1.54, 1.807) is 0 Å². The number of hydrogen-bond acceptors (Lipinski definition) is 3. The second-order valence-corrected chi connectivity index (χ2v) is 3.33. The van der Waals surface area contributed by atoms with Gasteiger partial charge < -0.3 is 9.64 Å². The highest BCUT2D eigenvalue weighted by Gasteiger charge is 2.23. The number of rotatable bonds is 2. The van der Waals surface area contributed by atoms with Crippen LogP contribution in [0.4, 0.5) is 0 Å². The monoisotopic (exact) mass is 187 g/mol. The molecule has 0 atom stereocenters. The first-order valence-electron chi connectivity index (χ1n) is 4.59. The summed E-state index contributed by atoms with van der Waals surface area (Å²) < 4.78 is 4.96. The number of likely N-dealkylation sites (tertiary alicyclic amines) is 1. The van der Waals surface area contributed by atoms with Crippen molar-refractivity contribution in [3.63, 3.8) is 0 Å². The van der Waals surface area contributed by atoms with Gasteiger partial charge >= 0.3 is 5.97 Å². The van der Waals surface area contributed by atoms with Crippen LogP contribution in [-0.2, 0) is 9.53 Å². The Bertz CT molecular complexity index is 151. The highest BCUT2D eigenvalue weighted by Crippen LogP contribution is 2.16. The summed E-state index contributed by atoms with van der Waals surface area (Å²) in [5.74, 6) is 0.145. The van der Waals surface area contributed by atoms with Crippen LogP contribution in [0.15, 0.2) is 0 Å². The lowest BCUT2D eigenvalue weighted by molar-refractivity contribution is -0.149. The molecule has 1 rings (SSSR count). The Kier molecular flexibility index (Phi) is 5.71. The molecular formula is C10H21NO2. The molecule has 0 saturated carbocycles. The van der Waals surface area contributed by atoms with E-state index in [4.69, 9.17) is 4.74 Å². The predicted molar refractivity (Wildman–Crippen MR) is 53.6 cm³/mol. The van der Waals surface area contributed by atoms with E-state index in [-0.39, 0.29) is 19.3 Å². The Morgan fingerprint density at radius 2 is 2.00 bits per heavy atom. The molecule has 0 bridgehead atoms. The zero-order valence-corrected chi connectivity index (χ0v) is 7.88. The molecular weight excluding hydrogens is 166 g/mol. The van der Waals surface area contributed by atoms with Crippen molar-refractivity contribution in [1.29, 1.82) is 0 Å². The van der Waals surface area contributed by atoms with Crippen molar-refractivity contribution in [2.45, 2.75) is 27.2 Å². The fourth-order valence-electron chi connectivity index (χ4n) is 1.50. The molecule has 0 spiro atoms. The number of esters is 1. The molecule has 78 valence electrons. The van der Waals surface area contributed by atoms with Crippen LogP contribution in [0.1, 0.15) is 27.2 Å². The lowest BCUT2D eigenvalue weighted by Gasteiger charge is -2.27. The average Bonchev–Trinajstić information content (AvgIpc) is 2.06. The molecule has 13 heavy (non-hydrogen) atoms. The summed E-state index contributed by atoms with van der Waals surface area (Å²) >= 11 is 0. The second kappa shape index (κ2) is 5.97. The first-order chi connectivity index (χ1) is 5.74. The summed E-state index contributed by atoms with van der Waals surface area (Å²) in [6.45, 7) is 4.39. The minimum absolute atomic E-state index is 0. The van der Waals surface area contributed by atoms with Gasteiger partial charge in [0.25, 0.3) is 0 Å². The minimum Gasteiger partial charge on any atom is -0.466 e. The Morgan fingerprint density at radius 3 is 2.46 bits per heavy atom. The van der Waals surface area contributed by atoms with Crippen molar-refractivity contribution in [2.24, 2.45) is 5.92 Å². The van der Waals surface area contributed by atoms with Crippen LogP contribution in [0.5, 0.6) is 0 Å². The molecule has 1 heterocycles. The van der Waals surface area contributed by atoms with Crippen LogP contribution in [0.3, 0.4) is 0 Å². The Balaban J connectivity index is 0.00000144. The maximum absolute atomic E-state index is 11.3. The number of carbonyl (C=O) groups is 1. The van der Waals surface area contributed by atoms with Gasteiger partial charge in [0, 0.05) is 0 Å². The Hall–Kier alpha value is -0.570. The van der Waals surface area contributed by atoms with Crippen LogP contribution in [-0.4, -0.2) is 37.6 Å². The molecule has 0 N–H and O–H groups in total. The van der Waals surface area contributed by atoms with Crippen molar-refractivity contribution in [3.05, 3.63) is 0 Å². The zero-order valence-electron chi connectivity index (χ0n) is 7.88. The zero-order chi connectivity index (χ0) is 8.97. The van der Waals surface area contributed by atoms with Gasteiger partial charge in [-0.05, 0) is 39.9 Å². The maximum atomic E-state index is 11.3. The van der Waals surface area contributed by atoms with Crippen LogP contribution in [0.2, 0.25) is 0 Å². The summed E-state index contributed by atoms with van der Waals surface area (Å²) in [4.78, 5) is 13.5. The molecule has 0 unspecified atom stereocenters. The standard InChI is InChI=1S/C9H17NO2.CH4/c1-3-12-9(11)8-4-6-10(2)7-5-8;/h8H,3-7H2,1-2H3;1H4. The smallest absolute Gasteiger partial charge is 0.309 e. The third kappa shape index (κ3) is 3.77. The average molecular weight is 187 g/mol. The fraction of sp³-hybridized carbons (Fsp3) is 0.900. The van der Waals surface area contributed by atoms with Crippen molar-refractivity contribution < 1.29 is 9.53 Å². The number of ether oxygens (including phenoxy) is 1. The SMILES string of the molecule is C.CCOC(=O)C1CCN(C)CC1. The maximum Gasteiger partial charge on any atom is 0.309 e. The van der Waals surface area contributed by atoms with E-state index in [2.05, 4.69) is 11.9 Å². The molecule has 0 aromatic heterocycles. The normalized spacial score (nSPS) is 19.2. The van der Waals surface area contributed by atoms with Crippen molar-refractivity contribution in [1.82, 2.24) is 4.90 Å². The molecule has 0 aromatic rings. The van der Waals surface area contributed by atoms with Crippen LogP contribution < -0.4 is 0 Å². The topological polar surface area (TPSA) is 29.5 Å². The summed E-state index contributed by atoms with van der Waals surface area (Å²) in [5.41, 5.74) is 0. The molecule has 1 aliphatic heterocycles. The van der Waals surface area contributed by atoms with E-state index in [0.717, 1.165) is 25.9 Å². The van der Waals surface area contributed by atoms with Gasteiger partial charge in [0.1, 0.15) is 0 Å². The Labute approximate surface area is 81.1 Å². The molecule has 3 nitrogen and oxygen atoms in total. The van der Waals surface area contributed by atoms with Crippen LogP contribution in [0.25, 0.3) is 0 Å². The summed E-state index contributed by atoms with van der Waals surface area (Å²) in [6, 6.07) is 0. The third-order valence-corrected chi connectivity index (χ3v) is 2.34. The van der Waals surface area contributed by atoms with E-state index in [0.29, 0.717) is 6.61 Å². The van der Waals surface area contributed by atoms with Crippen LogP contribution in [0, 0.1) is 5.92 Å². The molecule has 0 aromatic carbocycles. The second-order valence-electron chi connectivity index (χ2n) is 3.33. The lowest BCUT2D eigenvalue weighted by Crippen LogP contribution is -2.34. The lowest BCUT2D eigenvalue weighted by atomic mass is 9.97. The number of hydrogen-bond donors (Lipinski definition) is 0. The van der Waals surface area contributed by atoms with Crippen molar-refractivity contribution in [3.8, 4) is 0 Å². The first kappa shape index (κ1) is 12.4. The predicted octanol–water partition coefficient (Wildman–Crippen LogP) is 1.53. The quantitative estimate of drug-likeness (QED) is 0.614. The number of nitrogens with zero attached hydrogens (tertiary/aromatic N) is 1. The van der Waals surface area contributed by atoms with Gasteiger partial charge in [-0.1, -0.05) is 7.43 Å². The van der Waals surface area contributed by atoms with Gasteiger partial charge in [-0.2, -0.15) is 0 Å². The summed E-state index contributed by atoms with van der Waals surface area (Å²) in [7, 11) is 2.08.